The SMILES string of the molecule is N#Cc1cc(Br)c2nncn2c1CCc1c(F)ccc2c1CCO2. The van der Waals surface area contributed by atoms with Gasteiger partial charge in [0.15, 0.2) is 5.65 Å². The van der Waals surface area contributed by atoms with E-state index >= 15 is 0 Å². The molecule has 4 rings (SSSR count). The van der Waals surface area contributed by atoms with Gasteiger partial charge in [-0.2, -0.15) is 5.26 Å². The average Bonchev–Trinajstić information content (AvgIpc) is 3.24. The Bertz CT molecular complexity index is 992. The lowest BCUT2D eigenvalue weighted by atomic mass is 9.98. The van der Waals surface area contributed by atoms with Crippen molar-refractivity contribution in [1.82, 2.24) is 14.6 Å². The molecule has 0 saturated carbocycles. The van der Waals surface area contributed by atoms with Crippen molar-refractivity contribution in [2.75, 3.05) is 6.61 Å². The molecule has 0 aliphatic carbocycles. The van der Waals surface area contributed by atoms with Crippen molar-refractivity contribution in [1.29, 1.82) is 5.26 Å². The van der Waals surface area contributed by atoms with Gasteiger partial charge in [-0.3, -0.25) is 4.40 Å². The van der Waals surface area contributed by atoms with Crippen molar-refractivity contribution >= 4 is 21.6 Å². The Morgan fingerprint density at radius 1 is 1.38 bits per heavy atom. The molecule has 1 aromatic carbocycles. The Morgan fingerprint density at radius 2 is 2.25 bits per heavy atom. The number of hydrogen-bond donors (Lipinski definition) is 0. The van der Waals surface area contributed by atoms with Crippen LogP contribution >= 0.6 is 15.9 Å². The molecular formula is C17H12BrFN4O. The summed E-state index contributed by atoms with van der Waals surface area (Å²) in [5, 5.41) is 17.4. The van der Waals surface area contributed by atoms with Crippen LogP contribution in [0.1, 0.15) is 22.4 Å². The zero-order chi connectivity index (χ0) is 16.7. The summed E-state index contributed by atoms with van der Waals surface area (Å²) in [5.41, 5.74) is 3.55. The van der Waals surface area contributed by atoms with Gasteiger partial charge in [-0.15, -0.1) is 10.2 Å². The van der Waals surface area contributed by atoms with E-state index in [0.717, 1.165) is 23.4 Å². The van der Waals surface area contributed by atoms with Gasteiger partial charge in [-0.1, -0.05) is 0 Å². The van der Waals surface area contributed by atoms with Crippen LogP contribution in [0.5, 0.6) is 5.75 Å². The second-order valence-corrected chi connectivity index (χ2v) is 6.44. The summed E-state index contributed by atoms with van der Waals surface area (Å²) >= 11 is 3.40. The summed E-state index contributed by atoms with van der Waals surface area (Å²) in [7, 11) is 0. The predicted octanol–water partition coefficient (Wildman–Crippen LogP) is 3.22. The molecule has 0 unspecified atom stereocenters. The zero-order valence-corrected chi connectivity index (χ0v) is 14.2. The van der Waals surface area contributed by atoms with E-state index in [-0.39, 0.29) is 5.82 Å². The number of ether oxygens (including phenoxy) is 1. The number of fused-ring (bicyclic) bond motifs is 2. The normalized spacial score (nSPS) is 12.9. The number of rotatable bonds is 3. The lowest BCUT2D eigenvalue weighted by Gasteiger charge is -2.11. The summed E-state index contributed by atoms with van der Waals surface area (Å²) < 4.78 is 22.3. The van der Waals surface area contributed by atoms with Gasteiger partial charge in [-0.05, 0) is 52.5 Å². The molecule has 5 nitrogen and oxygen atoms in total. The Kier molecular flexibility index (Phi) is 3.69. The van der Waals surface area contributed by atoms with Crippen LogP contribution < -0.4 is 4.74 Å². The highest BCUT2D eigenvalue weighted by molar-refractivity contribution is 9.10. The molecule has 0 atom stereocenters. The summed E-state index contributed by atoms with van der Waals surface area (Å²) in [6, 6.07) is 7.05. The second-order valence-electron chi connectivity index (χ2n) is 5.59. The van der Waals surface area contributed by atoms with Crippen LogP contribution in [-0.2, 0) is 19.3 Å². The van der Waals surface area contributed by atoms with E-state index in [2.05, 4.69) is 32.2 Å². The van der Waals surface area contributed by atoms with Crippen LogP contribution in [0.4, 0.5) is 4.39 Å². The second kappa shape index (κ2) is 5.87. The number of nitriles is 1. The quantitative estimate of drug-likeness (QED) is 0.693. The van der Waals surface area contributed by atoms with E-state index in [9.17, 15) is 9.65 Å². The molecule has 7 heteroatoms. The molecule has 0 bridgehead atoms. The smallest absolute Gasteiger partial charge is 0.175 e. The number of benzene rings is 1. The lowest BCUT2D eigenvalue weighted by Crippen LogP contribution is -2.06. The van der Waals surface area contributed by atoms with Crippen molar-refractivity contribution in [3.63, 3.8) is 0 Å². The molecule has 3 aromatic rings. The average molecular weight is 387 g/mol. The highest BCUT2D eigenvalue weighted by atomic mass is 79.9. The van der Waals surface area contributed by atoms with Gasteiger partial charge in [0.2, 0.25) is 0 Å². The van der Waals surface area contributed by atoms with E-state index in [1.165, 1.54) is 6.07 Å². The van der Waals surface area contributed by atoms with Crippen LogP contribution in [0.2, 0.25) is 0 Å². The Balaban J connectivity index is 1.75. The third kappa shape index (κ3) is 2.34. The molecular weight excluding hydrogens is 375 g/mol. The Labute approximate surface area is 145 Å². The first-order valence-electron chi connectivity index (χ1n) is 7.53. The topological polar surface area (TPSA) is 63.2 Å². The first-order valence-corrected chi connectivity index (χ1v) is 8.32. The van der Waals surface area contributed by atoms with E-state index in [1.807, 2.05) is 0 Å². The monoisotopic (exact) mass is 386 g/mol. The maximum Gasteiger partial charge on any atom is 0.175 e. The molecule has 0 saturated heterocycles. The van der Waals surface area contributed by atoms with Crippen molar-refractivity contribution in [2.45, 2.75) is 19.3 Å². The third-order valence-electron chi connectivity index (χ3n) is 4.31. The van der Waals surface area contributed by atoms with Gasteiger partial charge < -0.3 is 4.74 Å². The molecule has 1 aliphatic rings. The van der Waals surface area contributed by atoms with E-state index in [1.54, 1.807) is 22.9 Å². The van der Waals surface area contributed by atoms with E-state index in [4.69, 9.17) is 4.74 Å². The van der Waals surface area contributed by atoms with Crippen molar-refractivity contribution < 1.29 is 9.13 Å². The van der Waals surface area contributed by atoms with Gasteiger partial charge in [0, 0.05) is 17.7 Å². The van der Waals surface area contributed by atoms with Crippen LogP contribution in [0.15, 0.2) is 29.0 Å². The number of pyridine rings is 1. The highest BCUT2D eigenvalue weighted by Crippen LogP contribution is 2.31. The minimum atomic E-state index is -0.227. The number of aryl methyl sites for hydroxylation is 1. The van der Waals surface area contributed by atoms with Gasteiger partial charge >= 0.3 is 0 Å². The molecule has 0 fully saturated rings. The number of halogens is 2. The number of nitrogens with zero attached hydrogens (tertiary/aromatic N) is 4. The zero-order valence-electron chi connectivity index (χ0n) is 12.6. The summed E-state index contributed by atoms with van der Waals surface area (Å²) in [6.45, 7) is 0.587. The first kappa shape index (κ1) is 15.1. The summed E-state index contributed by atoms with van der Waals surface area (Å²) in [5.74, 6) is 0.534. The van der Waals surface area contributed by atoms with Crippen LogP contribution in [0.25, 0.3) is 5.65 Å². The molecule has 0 N–H and O–H groups in total. The van der Waals surface area contributed by atoms with Crippen LogP contribution in [0, 0.1) is 17.1 Å². The van der Waals surface area contributed by atoms with Crippen LogP contribution in [0.3, 0.4) is 0 Å². The number of aromatic nitrogens is 3. The first-order chi connectivity index (χ1) is 11.7. The maximum absolute atomic E-state index is 14.3. The van der Waals surface area contributed by atoms with Gasteiger partial charge in [0.05, 0.1) is 16.6 Å². The molecule has 24 heavy (non-hydrogen) atoms. The molecule has 0 radical (unpaired) electrons. The van der Waals surface area contributed by atoms with Crippen molar-refractivity contribution in [3.05, 3.63) is 57.2 Å². The Morgan fingerprint density at radius 3 is 3.08 bits per heavy atom. The molecule has 3 heterocycles. The maximum atomic E-state index is 14.3. The minimum absolute atomic E-state index is 0.227. The van der Waals surface area contributed by atoms with E-state index < -0.39 is 0 Å². The minimum Gasteiger partial charge on any atom is -0.493 e. The van der Waals surface area contributed by atoms with Crippen molar-refractivity contribution in [3.8, 4) is 11.8 Å². The lowest BCUT2D eigenvalue weighted by molar-refractivity contribution is 0.356. The fourth-order valence-corrected chi connectivity index (χ4v) is 3.68. The standard InChI is InChI=1S/C17H12BrFN4O/c18-13-7-10(8-20)15(23-9-21-22-17(13)23)3-1-11-12-5-6-24-16(12)4-2-14(11)19/h2,4,7,9H,1,3,5-6H2. The highest BCUT2D eigenvalue weighted by Gasteiger charge is 2.20. The van der Waals surface area contributed by atoms with E-state index in [0.29, 0.717) is 40.7 Å². The van der Waals surface area contributed by atoms with Crippen molar-refractivity contribution in [2.24, 2.45) is 0 Å². The predicted molar refractivity (Wildman–Crippen MR) is 88.4 cm³/mol. The Hall–Kier alpha value is -2.46. The molecule has 120 valence electrons. The summed E-state index contributed by atoms with van der Waals surface area (Å²) in [6.07, 6.45) is 3.29. The largest absolute Gasteiger partial charge is 0.493 e. The molecule has 1 aliphatic heterocycles. The van der Waals surface area contributed by atoms with Gasteiger partial charge in [0.1, 0.15) is 24.0 Å². The molecule has 0 spiro atoms. The number of hydrogen-bond acceptors (Lipinski definition) is 4. The third-order valence-corrected chi connectivity index (χ3v) is 4.89. The fraction of sp³-hybridized carbons (Fsp3) is 0.235. The fourth-order valence-electron chi connectivity index (χ4n) is 3.18. The van der Waals surface area contributed by atoms with Crippen LogP contribution in [-0.4, -0.2) is 21.2 Å². The molecule has 2 aromatic heterocycles. The van der Waals surface area contributed by atoms with Gasteiger partial charge in [0.25, 0.3) is 0 Å². The summed E-state index contributed by atoms with van der Waals surface area (Å²) in [4.78, 5) is 0. The van der Waals surface area contributed by atoms with Gasteiger partial charge in [-0.25, -0.2) is 4.39 Å². The molecule has 0 amide bonds.